The maximum Gasteiger partial charge on any atom is 0.220 e. The highest BCUT2D eigenvalue weighted by atomic mass is 32.1. The van der Waals surface area contributed by atoms with Gasteiger partial charge in [-0.25, -0.2) is 24.3 Å². The van der Waals surface area contributed by atoms with Crippen LogP contribution < -0.4 is 5.73 Å². The molecule has 0 aliphatic heterocycles. The largest absolute Gasteiger partial charge is 0.371 e. The lowest BCUT2D eigenvalue weighted by Crippen LogP contribution is -2.18. The molecule has 1 unspecified atom stereocenters. The van der Waals surface area contributed by atoms with Crippen LogP contribution in [0.25, 0.3) is 22.2 Å². The van der Waals surface area contributed by atoms with Crippen molar-refractivity contribution in [2.45, 2.75) is 19.4 Å². The SMILES string of the molecule is Cc1nc(C#CC(C)(O)c2nccs2)cc2c(-c3nc(N)ncc3F)c[nH]c12. The summed E-state index contributed by atoms with van der Waals surface area (Å²) >= 11 is 1.32. The minimum atomic E-state index is -1.40. The minimum absolute atomic E-state index is 0.0176. The maximum atomic E-state index is 14.2. The number of H-pyrrole nitrogens is 1. The number of pyridine rings is 1. The molecule has 0 fully saturated rings. The van der Waals surface area contributed by atoms with E-state index in [-0.39, 0.29) is 11.6 Å². The van der Waals surface area contributed by atoms with Crippen LogP contribution in [0.15, 0.2) is 30.0 Å². The molecule has 9 heteroatoms. The molecule has 4 N–H and O–H groups in total. The van der Waals surface area contributed by atoms with E-state index in [0.717, 1.165) is 11.7 Å². The Kier molecular flexibility index (Phi) is 4.30. The Bertz CT molecular complexity index is 1240. The second-order valence-electron chi connectivity index (χ2n) is 6.30. The van der Waals surface area contributed by atoms with Crippen molar-refractivity contribution in [2.75, 3.05) is 5.73 Å². The first-order valence-corrected chi connectivity index (χ1v) is 9.16. The van der Waals surface area contributed by atoms with Gasteiger partial charge >= 0.3 is 0 Å². The smallest absolute Gasteiger partial charge is 0.220 e. The normalized spacial score (nSPS) is 13.1. The van der Waals surface area contributed by atoms with Crippen molar-refractivity contribution in [2.24, 2.45) is 0 Å². The lowest BCUT2D eigenvalue weighted by atomic mass is 10.1. The molecule has 0 aliphatic carbocycles. The highest BCUT2D eigenvalue weighted by molar-refractivity contribution is 7.09. The highest BCUT2D eigenvalue weighted by Crippen LogP contribution is 2.31. The fourth-order valence-electron chi connectivity index (χ4n) is 2.82. The number of aryl methyl sites for hydroxylation is 1. The van der Waals surface area contributed by atoms with Gasteiger partial charge in [-0.1, -0.05) is 5.92 Å². The van der Waals surface area contributed by atoms with Crippen LogP contribution in [0.5, 0.6) is 0 Å². The van der Waals surface area contributed by atoms with E-state index < -0.39 is 11.4 Å². The van der Waals surface area contributed by atoms with Gasteiger partial charge in [0.05, 0.1) is 17.4 Å². The molecule has 140 valence electrons. The summed E-state index contributed by atoms with van der Waals surface area (Å²) < 4.78 is 14.2. The molecule has 4 aromatic rings. The maximum absolute atomic E-state index is 14.2. The molecule has 0 aromatic carbocycles. The number of thiazole rings is 1. The summed E-state index contributed by atoms with van der Waals surface area (Å²) in [6, 6.07) is 1.72. The molecule has 0 aliphatic rings. The van der Waals surface area contributed by atoms with Crippen molar-refractivity contribution < 1.29 is 9.50 Å². The lowest BCUT2D eigenvalue weighted by Gasteiger charge is -2.11. The summed E-state index contributed by atoms with van der Waals surface area (Å²) in [5, 5.41) is 13.5. The molecule has 4 heterocycles. The Morgan fingerprint density at radius 2 is 2.14 bits per heavy atom. The highest BCUT2D eigenvalue weighted by Gasteiger charge is 2.23. The average molecular weight is 394 g/mol. The molecule has 0 saturated carbocycles. The van der Waals surface area contributed by atoms with Crippen LogP contribution in [-0.4, -0.2) is 30.0 Å². The van der Waals surface area contributed by atoms with E-state index in [1.165, 1.54) is 11.3 Å². The van der Waals surface area contributed by atoms with Crippen molar-refractivity contribution >= 4 is 28.2 Å². The Hall–Kier alpha value is -3.35. The fourth-order valence-corrected chi connectivity index (χ4v) is 3.47. The van der Waals surface area contributed by atoms with Crippen molar-refractivity contribution in [1.29, 1.82) is 0 Å². The second-order valence-corrected chi connectivity index (χ2v) is 7.20. The number of aromatic amines is 1. The Balaban J connectivity index is 1.83. The molecule has 1 atom stereocenters. The zero-order valence-corrected chi connectivity index (χ0v) is 15.8. The molecule has 0 saturated heterocycles. The monoisotopic (exact) mass is 394 g/mol. The van der Waals surface area contributed by atoms with Crippen LogP contribution in [0.1, 0.15) is 23.3 Å². The molecule has 0 spiro atoms. The number of nitrogens with zero attached hydrogens (tertiary/aromatic N) is 4. The molecule has 4 aromatic heterocycles. The minimum Gasteiger partial charge on any atom is -0.371 e. The number of nitrogens with one attached hydrogen (secondary N) is 1. The van der Waals surface area contributed by atoms with Gasteiger partial charge in [-0.3, -0.25) is 0 Å². The summed E-state index contributed by atoms with van der Waals surface area (Å²) in [5.41, 5.74) is 6.70. The predicted octanol–water partition coefficient (Wildman–Crippen LogP) is 2.77. The van der Waals surface area contributed by atoms with Crippen LogP contribution in [0.3, 0.4) is 0 Å². The lowest BCUT2D eigenvalue weighted by molar-refractivity contribution is 0.122. The number of anilines is 1. The van der Waals surface area contributed by atoms with Gasteiger partial charge in [0.25, 0.3) is 0 Å². The summed E-state index contributed by atoms with van der Waals surface area (Å²) in [5.74, 6) is 5.10. The van der Waals surface area contributed by atoms with Crippen LogP contribution in [0.2, 0.25) is 0 Å². The molecule has 0 radical (unpaired) electrons. The number of hydrogen-bond donors (Lipinski definition) is 3. The number of halogens is 1. The molecule has 0 bridgehead atoms. The first-order valence-electron chi connectivity index (χ1n) is 8.28. The topological polar surface area (TPSA) is 114 Å². The summed E-state index contributed by atoms with van der Waals surface area (Å²) in [6.07, 6.45) is 4.29. The second kappa shape index (κ2) is 6.67. The standard InChI is InChI=1S/C19H15FN6OS/c1-10-15-12(13(8-23-15)16-14(20)9-24-18(21)26-16)7-11(25-10)3-4-19(2,27)17-22-5-6-28-17/h5-9,23,27H,1-2H3,(H2,21,24,26). The number of hydrogen-bond acceptors (Lipinski definition) is 7. The fraction of sp³-hybridized carbons (Fsp3) is 0.158. The van der Waals surface area contributed by atoms with Gasteiger partial charge in [-0.2, -0.15) is 0 Å². The van der Waals surface area contributed by atoms with Crippen molar-refractivity contribution in [3.63, 3.8) is 0 Å². The number of aliphatic hydroxyl groups is 1. The number of aromatic nitrogens is 5. The quantitative estimate of drug-likeness (QED) is 0.451. The number of nitrogens with two attached hydrogens (primary N) is 1. The summed E-state index contributed by atoms with van der Waals surface area (Å²) in [4.78, 5) is 19.3. The van der Waals surface area contributed by atoms with Crippen molar-refractivity contribution in [3.05, 3.63) is 52.2 Å². The molecule has 28 heavy (non-hydrogen) atoms. The Morgan fingerprint density at radius 1 is 1.32 bits per heavy atom. The van der Waals surface area contributed by atoms with Gasteiger partial charge in [-0.05, 0) is 25.8 Å². The van der Waals surface area contributed by atoms with E-state index in [1.807, 2.05) is 6.92 Å². The zero-order valence-electron chi connectivity index (χ0n) is 15.0. The van der Waals surface area contributed by atoms with Crippen LogP contribution in [-0.2, 0) is 5.60 Å². The Labute approximate surface area is 163 Å². The summed E-state index contributed by atoms with van der Waals surface area (Å²) in [6.45, 7) is 3.39. The van der Waals surface area contributed by atoms with Gasteiger partial charge in [-0.15, -0.1) is 11.3 Å². The van der Waals surface area contributed by atoms with E-state index in [0.29, 0.717) is 27.3 Å². The van der Waals surface area contributed by atoms with E-state index in [4.69, 9.17) is 5.73 Å². The summed E-state index contributed by atoms with van der Waals surface area (Å²) in [7, 11) is 0. The first kappa shape index (κ1) is 18.0. The van der Waals surface area contributed by atoms with E-state index in [2.05, 4.69) is 36.8 Å². The van der Waals surface area contributed by atoms with Crippen molar-refractivity contribution in [3.8, 4) is 23.1 Å². The van der Waals surface area contributed by atoms with E-state index >= 15 is 0 Å². The molecule has 7 nitrogen and oxygen atoms in total. The predicted molar refractivity (Wildman–Crippen MR) is 105 cm³/mol. The van der Waals surface area contributed by atoms with Gasteiger partial charge < -0.3 is 15.8 Å². The van der Waals surface area contributed by atoms with Gasteiger partial charge in [0.15, 0.2) is 11.4 Å². The van der Waals surface area contributed by atoms with Crippen LogP contribution in [0.4, 0.5) is 10.3 Å². The number of nitrogen functional groups attached to an aromatic ring is 1. The average Bonchev–Trinajstić information content (AvgIpc) is 3.32. The Morgan fingerprint density at radius 3 is 2.89 bits per heavy atom. The van der Waals surface area contributed by atoms with Gasteiger partial charge in [0.1, 0.15) is 16.4 Å². The van der Waals surface area contributed by atoms with E-state index in [1.54, 1.807) is 30.8 Å². The number of rotatable bonds is 2. The molecule has 4 rings (SSSR count). The molecular weight excluding hydrogens is 379 g/mol. The van der Waals surface area contributed by atoms with Crippen LogP contribution >= 0.6 is 11.3 Å². The molecule has 0 amide bonds. The van der Waals surface area contributed by atoms with Crippen molar-refractivity contribution in [1.82, 2.24) is 24.9 Å². The van der Waals surface area contributed by atoms with Crippen LogP contribution in [0, 0.1) is 24.6 Å². The third-order valence-corrected chi connectivity index (χ3v) is 5.14. The van der Waals surface area contributed by atoms with Gasteiger partial charge in [0, 0.05) is 28.7 Å². The number of fused-ring (bicyclic) bond motifs is 1. The first-order chi connectivity index (χ1) is 13.3. The third kappa shape index (κ3) is 3.19. The molecular formula is C19H15FN6OS. The zero-order chi connectivity index (χ0) is 19.9. The third-order valence-electron chi connectivity index (χ3n) is 4.15. The van der Waals surface area contributed by atoms with Gasteiger partial charge in [0.2, 0.25) is 5.95 Å². The van der Waals surface area contributed by atoms with E-state index in [9.17, 15) is 9.50 Å².